The number of methoxy groups -OCH3 is 1. The smallest absolute Gasteiger partial charge is 0.292 e. The third kappa shape index (κ3) is 6.70. The topological polar surface area (TPSA) is 69.2 Å². The highest BCUT2D eigenvalue weighted by Crippen LogP contribution is 2.27. The van der Waals surface area contributed by atoms with Crippen LogP contribution in [0.25, 0.3) is 0 Å². The zero-order valence-electron chi connectivity index (χ0n) is 20.2. The molecule has 0 spiro atoms. The normalized spacial score (nSPS) is 10.1. The molecule has 0 atom stereocenters. The molecule has 0 heterocycles. The Balaban J connectivity index is 0.00000228. The lowest BCUT2D eigenvalue weighted by Gasteiger charge is -2.15. The maximum atomic E-state index is 9.88. The van der Waals surface area contributed by atoms with Gasteiger partial charge in [-0.05, 0) is 97.1 Å². The molecule has 0 amide bonds. The van der Waals surface area contributed by atoms with E-state index in [2.05, 4.69) is 48.3 Å². The molecule has 6 nitrogen and oxygen atoms in total. The number of nitrogens with one attached hydrogen (secondary N) is 2. The Bertz CT molecular complexity index is 1230. The van der Waals surface area contributed by atoms with E-state index in [4.69, 9.17) is 4.74 Å². The number of quaternary nitrogens is 1. The van der Waals surface area contributed by atoms with Gasteiger partial charge in [-0.15, -0.1) is 0 Å². The average molecular weight is 526 g/mol. The summed E-state index contributed by atoms with van der Waals surface area (Å²) in [7, 11) is 5.83. The zero-order valence-corrected chi connectivity index (χ0v) is 21.8. The Kier molecular flexibility index (Phi) is 10.2. The van der Waals surface area contributed by atoms with Gasteiger partial charge in [0.15, 0.2) is 0 Å². The fourth-order valence-electron chi connectivity index (χ4n) is 3.64. The minimum Gasteiger partial charge on any atom is -1.00 e. The Morgan fingerprint density at radius 2 is 1.17 bits per heavy atom. The predicted molar refractivity (Wildman–Crippen MR) is 137 cm³/mol. The van der Waals surface area contributed by atoms with Gasteiger partial charge in [0.2, 0.25) is 0 Å². The number of hydrogen-bond acceptors (Lipinski definition) is 3. The third-order valence-electron chi connectivity index (χ3n) is 5.53. The van der Waals surface area contributed by atoms with Gasteiger partial charge in [-0.2, -0.15) is 4.58 Å². The highest BCUT2D eigenvalue weighted by atomic mass is 35.5. The lowest BCUT2D eigenvalue weighted by Crippen LogP contribution is -3.00. The van der Waals surface area contributed by atoms with E-state index in [1.54, 1.807) is 31.4 Å². The van der Waals surface area contributed by atoms with Crippen molar-refractivity contribution in [3.05, 3.63) is 103 Å². The van der Waals surface area contributed by atoms with Gasteiger partial charge in [0.05, 0.1) is 26.8 Å². The number of aromatic hydroxyl groups is 2. The van der Waals surface area contributed by atoms with Crippen molar-refractivity contribution in [1.29, 1.82) is 0 Å². The van der Waals surface area contributed by atoms with Crippen LogP contribution in [-0.2, 0) is 0 Å². The second-order valence-corrected chi connectivity index (χ2v) is 8.15. The van der Waals surface area contributed by atoms with E-state index in [1.807, 2.05) is 48.5 Å². The Hall–Kier alpha value is -3.71. The van der Waals surface area contributed by atoms with Crippen molar-refractivity contribution in [2.75, 3.05) is 26.5 Å². The van der Waals surface area contributed by atoms with Gasteiger partial charge in [-0.25, -0.2) is 5.32 Å². The summed E-state index contributed by atoms with van der Waals surface area (Å²) in [4.78, 5) is 1.24. The van der Waals surface area contributed by atoms with E-state index >= 15 is 0 Å². The van der Waals surface area contributed by atoms with Crippen LogP contribution in [0.3, 0.4) is 0 Å². The van der Waals surface area contributed by atoms with Gasteiger partial charge >= 0.3 is 0 Å². The summed E-state index contributed by atoms with van der Waals surface area (Å²) < 4.78 is 7.36. The molecule has 8 heteroatoms. The summed E-state index contributed by atoms with van der Waals surface area (Å²) in [6, 6.07) is 30.2. The van der Waals surface area contributed by atoms with Crippen molar-refractivity contribution >= 4 is 28.6 Å². The first kappa shape index (κ1) is 28.5. The Morgan fingerprint density at radius 3 is 1.58 bits per heavy atom. The molecule has 0 radical (unpaired) electrons. The van der Waals surface area contributed by atoms with Gasteiger partial charge in [-0.1, -0.05) is 0 Å². The fraction of sp³-hybridized carbons (Fsp3) is 0.107. The first-order chi connectivity index (χ1) is 16.4. The number of rotatable bonds is 6. The van der Waals surface area contributed by atoms with Gasteiger partial charge in [0, 0.05) is 0 Å². The number of benzene rings is 4. The van der Waals surface area contributed by atoms with Crippen molar-refractivity contribution in [1.82, 2.24) is 4.58 Å². The van der Waals surface area contributed by atoms with Crippen LogP contribution in [-0.4, -0.2) is 37.3 Å². The van der Waals surface area contributed by atoms with E-state index in [1.165, 1.54) is 10.6 Å². The zero-order chi connectivity index (χ0) is 24.1. The second kappa shape index (κ2) is 12.8. The van der Waals surface area contributed by atoms with Gasteiger partial charge in [0.1, 0.15) is 40.0 Å². The van der Waals surface area contributed by atoms with E-state index in [0.29, 0.717) is 0 Å². The molecule has 0 aliphatic rings. The van der Waals surface area contributed by atoms with Crippen molar-refractivity contribution in [3.63, 3.8) is 0 Å². The minimum atomic E-state index is 0. The summed E-state index contributed by atoms with van der Waals surface area (Å²) in [6.07, 6.45) is 0. The van der Waals surface area contributed by atoms with Crippen LogP contribution in [0.1, 0.15) is 5.56 Å². The van der Waals surface area contributed by atoms with Crippen molar-refractivity contribution in [2.24, 2.45) is 0 Å². The van der Waals surface area contributed by atoms with Crippen LogP contribution >= 0.6 is 0 Å². The van der Waals surface area contributed by atoms with E-state index in [-0.39, 0.29) is 36.3 Å². The highest BCUT2D eigenvalue weighted by molar-refractivity contribution is 6.11. The SMILES string of the molecule is COc1ccc(NC(c2ccc([NH+](C)C)cc2)=[N+](c2ccc(O)cc2)c2ccc(O)cc2)cc1.[Cl-].[Cl-]. The molecule has 4 aromatic carbocycles. The Labute approximate surface area is 223 Å². The number of nitrogens with zero attached hydrogens (tertiary/aromatic N) is 1. The number of ether oxygens (including phenoxy) is 1. The van der Waals surface area contributed by atoms with E-state index in [9.17, 15) is 10.2 Å². The number of anilines is 1. The molecular formula is C28H29Cl2N3O3. The van der Waals surface area contributed by atoms with E-state index in [0.717, 1.165) is 34.2 Å². The molecule has 4 rings (SSSR count). The summed E-state index contributed by atoms with van der Waals surface area (Å²) in [5.74, 6) is 1.98. The minimum absolute atomic E-state index is 0. The summed E-state index contributed by atoms with van der Waals surface area (Å²) in [6.45, 7) is 0. The number of amidine groups is 1. The van der Waals surface area contributed by atoms with Crippen LogP contribution in [0.2, 0.25) is 0 Å². The van der Waals surface area contributed by atoms with Gasteiger partial charge in [0.25, 0.3) is 5.84 Å². The lowest BCUT2D eigenvalue weighted by atomic mass is 10.1. The largest absolute Gasteiger partial charge is 1.00 e. The number of phenols is 2. The average Bonchev–Trinajstić information content (AvgIpc) is 2.86. The van der Waals surface area contributed by atoms with Gasteiger partial charge < -0.3 is 44.7 Å². The third-order valence-corrected chi connectivity index (χ3v) is 5.53. The second-order valence-electron chi connectivity index (χ2n) is 8.15. The van der Waals surface area contributed by atoms with Crippen molar-refractivity contribution in [2.45, 2.75) is 0 Å². The van der Waals surface area contributed by atoms with Crippen LogP contribution in [0.15, 0.2) is 97.1 Å². The molecule has 0 saturated heterocycles. The van der Waals surface area contributed by atoms with E-state index < -0.39 is 0 Å². The lowest BCUT2D eigenvalue weighted by molar-refractivity contribution is -0.786. The highest BCUT2D eigenvalue weighted by Gasteiger charge is 2.22. The molecule has 0 unspecified atom stereocenters. The summed E-state index contributed by atoms with van der Waals surface area (Å²) in [5.41, 5.74) is 4.74. The Morgan fingerprint density at radius 1 is 0.694 bits per heavy atom. The molecule has 4 N–H and O–H groups in total. The molecule has 0 bridgehead atoms. The predicted octanol–water partition coefficient (Wildman–Crippen LogP) is -1.72. The molecule has 4 aromatic rings. The maximum Gasteiger partial charge on any atom is 0.292 e. The molecule has 36 heavy (non-hydrogen) atoms. The summed E-state index contributed by atoms with van der Waals surface area (Å²) >= 11 is 0. The van der Waals surface area contributed by atoms with Crippen LogP contribution in [0.4, 0.5) is 22.7 Å². The van der Waals surface area contributed by atoms with Crippen molar-refractivity contribution < 1.29 is 44.7 Å². The first-order valence-corrected chi connectivity index (χ1v) is 11.0. The summed E-state index contributed by atoms with van der Waals surface area (Å²) in [5, 5.41) is 23.3. The molecular weight excluding hydrogens is 497 g/mol. The molecule has 0 aromatic heterocycles. The van der Waals surface area contributed by atoms with Crippen LogP contribution in [0, 0.1) is 0 Å². The maximum absolute atomic E-state index is 9.88. The first-order valence-electron chi connectivity index (χ1n) is 11.0. The molecule has 0 saturated carbocycles. The molecule has 188 valence electrons. The monoisotopic (exact) mass is 525 g/mol. The van der Waals surface area contributed by atoms with Gasteiger partial charge in [-0.3, -0.25) is 0 Å². The number of phenolic OH excluding ortho intramolecular Hbond substituents is 2. The van der Waals surface area contributed by atoms with Crippen LogP contribution in [0.5, 0.6) is 17.2 Å². The standard InChI is InChI=1S/C28H27N3O3.2ClH/c1-30(2)22-8-4-20(5-9-22)28(29-21-6-18-27(34-3)19-7-21)31(23-10-14-25(32)15-11-23)24-12-16-26(33)17-13-24;;/h4-19,32-33H,1-3H3;2*1H. The number of hydrogen-bond donors (Lipinski definition) is 4. The fourth-order valence-corrected chi connectivity index (χ4v) is 3.64. The van der Waals surface area contributed by atoms with Crippen molar-refractivity contribution in [3.8, 4) is 17.2 Å². The molecule has 0 fully saturated rings. The number of halogens is 2. The molecule has 0 aliphatic heterocycles. The molecule has 0 aliphatic carbocycles. The van der Waals surface area contributed by atoms with Crippen LogP contribution < -0.4 is 44.3 Å². The quantitative estimate of drug-likeness (QED) is 0.137.